The zero-order chi connectivity index (χ0) is 13.9. The Morgan fingerprint density at radius 1 is 1.23 bits per heavy atom. The number of carbonyl (C=O) groups is 1. The molecule has 0 spiro atoms. The number of halogens is 2. The zero-order valence-electron chi connectivity index (χ0n) is 12.9. The van der Waals surface area contributed by atoms with Gasteiger partial charge < -0.3 is 15.5 Å². The molecular formula is C16H25Cl2N3O. The van der Waals surface area contributed by atoms with Crippen molar-refractivity contribution in [1.82, 2.24) is 15.5 Å². The second-order valence-electron chi connectivity index (χ2n) is 6.00. The van der Waals surface area contributed by atoms with E-state index in [0.29, 0.717) is 6.54 Å². The minimum Gasteiger partial charge on any atom is -0.352 e. The number of hydrogen-bond donors (Lipinski definition) is 2. The van der Waals surface area contributed by atoms with Crippen LogP contribution in [0.5, 0.6) is 0 Å². The number of likely N-dealkylation sites (tertiary alicyclic amines) is 1. The largest absolute Gasteiger partial charge is 0.352 e. The van der Waals surface area contributed by atoms with E-state index in [2.05, 4.69) is 40.8 Å². The molecule has 124 valence electrons. The smallest absolute Gasteiger partial charge is 0.223 e. The third-order valence-corrected chi connectivity index (χ3v) is 4.46. The van der Waals surface area contributed by atoms with Gasteiger partial charge in [0.05, 0.1) is 0 Å². The Morgan fingerprint density at radius 3 is 2.64 bits per heavy atom. The molecule has 1 amide bonds. The molecule has 3 rings (SSSR count). The molecule has 2 aliphatic heterocycles. The molecule has 2 aliphatic rings. The topological polar surface area (TPSA) is 44.4 Å². The summed E-state index contributed by atoms with van der Waals surface area (Å²) in [6.07, 6.45) is 1.97. The maximum absolute atomic E-state index is 12.2. The van der Waals surface area contributed by atoms with E-state index in [1.165, 1.54) is 16.7 Å². The number of fused-ring (bicyclic) bond motifs is 1. The van der Waals surface area contributed by atoms with Crippen molar-refractivity contribution in [3.05, 3.63) is 34.9 Å². The molecule has 0 aliphatic carbocycles. The normalized spacial score (nSPS) is 18.0. The fraction of sp³-hybridized carbons (Fsp3) is 0.562. The first-order valence-electron chi connectivity index (χ1n) is 7.50. The molecule has 0 bridgehead atoms. The summed E-state index contributed by atoms with van der Waals surface area (Å²) in [6, 6.07) is 6.51. The lowest BCUT2D eigenvalue weighted by Gasteiger charge is -2.28. The van der Waals surface area contributed by atoms with Gasteiger partial charge in [0.1, 0.15) is 0 Å². The van der Waals surface area contributed by atoms with Gasteiger partial charge in [-0.25, -0.2) is 0 Å². The lowest BCUT2D eigenvalue weighted by Crippen LogP contribution is -2.38. The molecule has 2 heterocycles. The van der Waals surface area contributed by atoms with Crippen molar-refractivity contribution in [1.29, 1.82) is 0 Å². The molecule has 1 aromatic carbocycles. The van der Waals surface area contributed by atoms with Gasteiger partial charge >= 0.3 is 0 Å². The van der Waals surface area contributed by atoms with Crippen molar-refractivity contribution >= 4 is 30.7 Å². The molecule has 1 saturated heterocycles. The molecule has 6 heteroatoms. The van der Waals surface area contributed by atoms with E-state index in [0.717, 1.165) is 39.0 Å². The lowest BCUT2D eigenvalue weighted by atomic mass is 9.96. The van der Waals surface area contributed by atoms with Crippen molar-refractivity contribution in [2.75, 3.05) is 20.1 Å². The number of amides is 1. The third-order valence-electron chi connectivity index (χ3n) is 4.46. The predicted molar refractivity (Wildman–Crippen MR) is 93.5 cm³/mol. The second kappa shape index (κ2) is 8.73. The average molecular weight is 346 g/mol. The van der Waals surface area contributed by atoms with E-state index >= 15 is 0 Å². The molecule has 0 radical (unpaired) electrons. The van der Waals surface area contributed by atoms with Crippen LogP contribution in [-0.4, -0.2) is 30.9 Å². The van der Waals surface area contributed by atoms with Gasteiger partial charge in [0.2, 0.25) is 5.91 Å². The zero-order valence-corrected chi connectivity index (χ0v) is 14.6. The van der Waals surface area contributed by atoms with Gasteiger partial charge in [-0.05, 0) is 49.7 Å². The van der Waals surface area contributed by atoms with Crippen LogP contribution >= 0.6 is 24.8 Å². The number of nitrogens with zero attached hydrogens (tertiary/aromatic N) is 1. The highest BCUT2D eigenvalue weighted by Crippen LogP contribution is 2.18. The quantitative estimate of drug-likeness (QED) is 0.881. The number of carbonyl (C=O) groups excluding carboxylic acids is 1. The van der Waals surface area contributed by atoms with Gasteiger partial charge in [0.25, 0.3) is 0 Å². The molecule has 0 atom stereocenters. The summed E-state index contributed by atoms with van der Waals surface area (Å²) in [7, 11) is 2.12. The second-order valence-corrected chi connectivity index (χ2v) is 6.00. The number of hydrogen-bond acceptors (Lipinski definition) is 3. The monoisotopic (exact) mass is 345 g/mol. The van der Waals surface area contributed by atoms with E-state index in [-0.39, 0.29) is 36.6 Å². The minimum atomic E-state index is 0. The van der Waals surface area contributed by atoms with Crippen LogP contribution in [0.4, 0.5) is 0 Å². The number of rotatable bonds is 3. The Labute approximate surface area is 144 Å². The molecule has 0 saturated carbocycles. The van der Waals surface area contributed by atoms with E-state index in [1.807, 2.05) is 0 Å². The first kappa shape index (κ1) is 19.2. The van der Waals surface area contributed by atoms with E-state index in [9.17, 15) is 4.79 Å². The van der Waals surface area contributed by atoms with Gasteiger partial charge in [0.15, 0.2) is 0 Å². The van der Waals surface area contributed by atoms with Crippen molar-refractivity contribution in [2.45, 2.75) is 32.5 Å². The summed E-state index contributed by atoms with van der Waals surface area (Å²) >= 11 is 0. The van der Waals surface area contributed by atoms with Crippen molar-refractivity contribution in [3.8, 4) is 0 Å². The highest BCUT2D eigenvalue weighted by atomic mass is 35.5. The Morgan fingerprint density at radius 2 is 1.91 bits per heavy atom. The maximum Gasteiger partial charge on any atom is 0.223 e. The molecule has 2 N–H and O–H groups in total. The van der Waals surface area contributed by atoms with E-state index in [4.69, 9.17) is 0 Å². The molecule has 1 fully saturated rings. The number of nitrogens with one attached hydrogen (secondary N) is 2. The third kappa shape index (κ3) is 4.59. The van der Waals surface area contributed by atoms with Crippen LogP contribution in [-0.2, 0) is 24.4 Å². The van der Waals surface area contributed by atoms with Gasteiger partial charge in [-0.3, -0.25) is 4.79 Å². The van der Waals surface area contributed by atoms with Crippen LogP contribution in [0.3, 0.4) is 0 Å². The summed E-state index contributed by atoms with van der Waals surface area (Å²) in [4.78, 5) is 14.5. The summed E-state index contributed by atoms with van der Waals surface area (Å²) in [5, 5.41) is 6.44. The lowest BCUT2D eigenvalue weighted by molar-refractivity contribution is -0.126. The van der Waals surface area contributed by atoms with Crippen LogP contribution in [0, 0.1) is 5.92 Å². The molecule has 22 heavy (non-hydrogen) atoms. The fourth-order valence-electron chi connectivity index (χ4n) is 3.06. The molecule has 0 unspecified atom stereocenters. The Kier molecular flexibility index (Phi) is 7.63. The van der Waals surface area contributed by atoms with Gasteiger partial charge in [-0.15, -0.1) is 24.8 Å². The summed E-state index contributed by atoms with van der Waals surface area (Å²) in [5.74, 6) is 0.416. The SMILES string of the molecule is CN1CCC(C(=O)NCc2ccc3c(c2)CNC3)CC1.Cl.Cl. The van der Waals surface area contributed by atoms with Gasteiger partial charge in [-0.1, -0.05) is 18.2 Å². The van der Waals surface area contributed by atoms with Crippen molar-refractivity contribution < 1.29 is 4.79 Å². The fourth-order valence-corrected chi connectivity index (χ4v) is 3.06. The van der Waals surface area contributed by atoms with Crippen LogP contribution in [0.25, 0.3) is 0 Å². The van der Waals surface area contributed by atoms with Crippen LogP contribution in [0.2, 0.25) is 0 Å². The van der Waals surface area contributed by atoms with Gasteiger partial charge in [0, 0.05) is 25.6 Å². The Hall–Kier alpha value is -0.810. The Balaban J connectivity index is 0.00000121. The standard InChI is InChI=1S/C16H23N3O.2ClH/c1-19-6-4-13(5-7-19)16(20)18-9-12-2-3-14-10-17-11-15(14)8-12;;/h2-3,8,13,17H,4-7,9-11H2,1H3,(H,18,20);2*1H. The molecule has 1 aromatic rings. The van der Waals surface area contributed by atoms with Crippen LogP contribution in [0.1, 0.15) is 29.5 Å². The molecular weight excluding hydrogens is 321 g/mol. The first-order chi connectivity index (χ1) is 9.72. The van der Waals surface area contributed by atoms with Crippen molar-refractivity contribution in [3.63, 3.8) is 0 Å². The highest BCUT2D eigenvalue weighted by molar-refractivity contribution is 5.85. The predicted octanol–water partition coefficient (Wildman–Crippen LogP) is 2.09. The number of benzene rings is 1. The summed E-state index contributed by atoms with van der Waals surface area (Å²) < 4.78 is 0. The Bertz CT molecular complexity index is 502. The minimum absolute atomic E-state index is 0. The molecule has 4 nitrogen and oxygen atoms in total. The highest BCUT2D eigenvalue weighted by Gasteiger charge is 2.23. The van der Waals surface area contributed by atoms with Gasteiger partial charge in [-0.2, -0.15) is 0 Å². The van der Waals surface area contributed by atoms with Crippen LogP contribution in [0.15, 0.2) is 18.2 Å². The first-order valence-corrected chi connectivity index (χ1v) is 7.50. The summed E-state index contributed by atoms with van der Waals surface area (Å²) in [5.41, 5.74) is 3.96. The van der Waals surface area contributed by atoms with Crippen LogP contribution < -0.4 is 10.6 Å². The maximum atomic E-state index is 12.2. The van der Waals surface area contributed by atoms with E-state index in [1.54, 1.807) is 0 Å². The molecule has 0 aromatic heterocycles. The summed E-state index contributed by atoms with van der Waals surface area (Å²) in [6.45, 7) is 4.63. The van der Waals surface area contributed by atoms with E-state index < -0.39 is 0 Å². The average Bonchev–Trinajstić information content (AvgIpc) is 2.93. The van der Waals surface area contributed by atoms with Crippen molar-refractivity contribution in [2.24, 2.45) is 5.92 Å². The number of piperidine rings is 1.